The van der Waals surface area contributed by atoms with Crippen molar-refractivity contribution in [1.82, 2.24) is 4.48 Å². The van der Waals surface area contributed by atoms with Crippen molar-refractivity contribution in [3.05, 3.63) is 29.3 Å². The van der Waals surface area contributed by atoms with Crippen molar-refractivity contribution in [1.29, 1.82) is 0 Å². The van der Waals surface area contributed by atoms with Crippen molar-refractivity contribution in [2.24, 2.45) is 0 Å². The molecule has 0 heterocycles. The van der Waals surface area contributed by atoms with Crippen LogP contribution in [0.3, 0.4) is 0 Å². The van der Waals surface area contributed by atoms with E-state index in [0.717, 1.165) is 17.5 Å². The molecule has 0 fully saturated rings. The van der Waals surface area contributed by atoms with Gasteiger partial charge in [0.15, 0.2) is 6.29 Å². The quantitative estimate of drug-likeness (QED) is 0.500. The fourth-order valence-corrected chi connectivity index (χ4v) is 1.33. The molecule has 2 nitrogen and oxygen atoms in total. The van der Waals surface area contributed by atoms with Gasteiger partial charge in [-0.05, 0) is 18.6 Å². The number of aldehydes is 1. The van der Waals surface area contributed by atoms with E-state index in [9.17, 15) is 4.79 Å². The van der Waals surface area contributed by atoms with Gasteiger partial charge in [0.2, 0.25) is 0 Å². The van der Waals surface area contributed by atoms with Crippen LogP contribution in [0.2, 0.25) is 0 Å². The molecule has 0 aliphatic carbocycles. The second-order valence-electron chi connectivity index (χ2n) is 4.19. The number of hydrogen-bond donors (Lipinski definition) is 0. The number of nitrogens with zero attached hydrogens (tertiary/aromatic N) is 1. The maximum absolute atomic E-state index is 10.8. The monoisotopic (exact) mass is 178 g/mol. The van der Waals surface area contributed by atoms with Gasteiger partial charge in [-0.25, -0.2) is 0 Å². The molecule has 0 aromatic heterocycles. The minimum absolute atomic E-state index is 0.676. The van der Waals surface area contributed by atoms with E-state index in [1.54, 1.807) is 0 Å². The molecule has 0 N–H and O–H groups in total. The molecule has 0 aliphatic heterocycles. The summed E-state index contributed by atoms with van der Waals surface area (Å²) in [5, 5.41) is 0. The highest BCUT2D eigenvalue weighted by molar-refractivity contribution is 5.83. The van der Waals surface area contributed by atoms with Gasteiger partial charge in [-0.3, -0.25) is 9.28 Å². The first-order valence-electron chi connectivity index (χ1n) is 4.33. The third-order valence-electron chi connectivity index (χ3n) is 2.04. The lowest BCUT2D eigenvalue weighted by atomic mass is 10.1. The van der Waals surface area contributed by atoms with Gasteiger partial charge in [-0.2, -0.15) is 0 Å². The number of benzene rings is 1. The molecule has 13 heavy (non-hydrogen) atoms. The van der Waals surface area contributed by atoms with Crippen LogP contribution >= 0.6 is 0 Å². The van der Waals surface area contributed by atoms with Gasteiger partial charge in [-0.1, -0.05) is 6.07 Å². The third-order valence-corrected chi connectivity index (χ3v) is 2.04. The fraction of sp³-hybridized carbons (Fsp3) is 0.364. The van der Waals surface area contributed by atoms with Crippen LogP contribution in [0.4, 0.5) is 5.69 Å². The fourth-order valence-electron chi connectivity index (χ4n) is 1.33. The smallest absolute Gasteiger partial charge is 0.156 e. The van der Waals surface area contributed by atoms with Crippen molar-refractivity contribution in [2.75, 3.05) is 21.1 Å². The first kappa shape index (κ1) is 9.93. The van der Waals surface area contributed by atoms with Crippen LogP contribution in [0.25, 0.3) is 0 Å². The van der Waals surface area contributed by atoms with Crippen molar-refractivity contribution < 1.29 is 4.79 Å². The lowest BCUT2D eigenvalue weighted by molar-refractivity contribution is 0.112. The van der Waals surface area contributed by atoms with E-state index in [1.807, 2.05) is 19.1 Å². The van der Waals surface area contributed by atoms with Gasteiger partial charge in [0.05, 0.1) is 26.7 Å². The Hall–Kier alpha value is -1.15. The third kappa shape index (κ3) is 2.16. The summed E-state index contributed by atoms with van der Waals surface area (Å²) in [6.07, 6.45) is 0.915. The van der Waals surface area contributed by atoms with Crippen molar-refractivity contribution in [3.63, 3.8) is 0 Å². The largest absolute Gasteiger partial charge is 0.298 e. The summed E-state index contributed by atoms with van der Waals surface area (Å²) >= 11 is 0. The Balaban J connectivity index is 3.32. The molecule has 0 aliphatic rings. The Kier molecular flexibility index (Phi) is 2.52. The molecule has 0 radical (unpaired) electrons. The minimum Gasteiger partial charge on any atom is -0.298 e. The van der Waals surface area contributed by atoms with Gasteiger partial charge in [0, 0.05) is 6.07 Å². The molecule has 0 unspecified atom stereocenters. The number of carbonyl (C=O) groups excluding carboxylic acids is 1. The number of aryl methyl sites for hydroxylation is 1. The average molecular weight is 178 g/mol. The van der Waals surface area contributed by atoms with E-state index in [0.29, 0.717) is 4.48 Å². The molecule has 0 spiro atoms. The van der Waals surface area contributed by atoms with E-state index in [2.05, 4.69) is 27.2 Å². The molecule has 0 amide bonds. The van der Waals surface area contributed by atoms with Crippen molar-refractivity contribution in [2.45, 2.75) is 6.92 Å². The summed E-state index contributed by atoms with van der Waals surface area (Å²) in [6, 6.07) is 5.90. The summed E-state index contributed by atoms with van der Waals surface area (Å²) in [6.45, 7) is 2.04. The molecule has 1 aromatic rings. The Morgan fingerprint density at radius 2 is 1.85 bits per heavy atom. The Labute approximate surface area is 79.4 Å². The van der Waals surface area contributed by atoms with Crippen LogP contribution in [-0.4, -0.2) is 27.4 Å². The van der Waals surface area contributed by atoms with Crippen LogP contribution < -0.4 is 4.48 Å². The standard InChI is InChI=1S/C11H16NO/c1-9-5-6-10(8-13)11(7-9)12(2,3)4/h5-8H,1-4H3/q+1. The maximum Gasteiger partial charge on any atom is 0.156 e. The van der Waals surface area contributed by atoms with Gasteiger partial charge in [0.1, 0.15) is 5.69 Å². The summed E-state index contributed by atoms with van der Waals surface area (Å²) in [5.41, 5.74) is 3.03. The van der Waals surface area contributed by atoms with Crippen LogP contribution in [0.1, 0.15) is 15.9 Å². The van der Waals surface area contributed by atoms with E-state index in [1.165, 1.54) is 5.56 Å². The van der Waals surface area contributed by atoms with Gasteiger partial charge < -0.3 is 0 Å². The second-order valence-corrected chi connectivity index (χ2v) is 4.19. The van der Waals surface area contributed by atoms with E-state index in [-0.39, 0.29) is 0 Å². The molecule has 2 heteroatoms. The van der Waals surface area contributed by atoms with Gasteiger partial charge >= 0.3 is 0 Å². The highest BCUT2D eigenvalue weighted by Crippen LogP contribution is 2.22. The first-order chi connectivity index (χ1) is 5.95. The topological polar surface area (TPSA) is 17.1 Å². The molecule has 0 saturated heterocycles. The summed E-state index contributed by atoms with van der Waals surface area (Å²) in [5.74, 6) is 0. The highest BCUT2D eigenvalue weighted by Gasteiger charge is 2.16. The van der Waals surface area contributed by atoms with E-state index in [4.69, 9.17) is 0 Å². The van der Waals surface area contributed by atoms with Crippen molar-refractivity contribution in [3.8, 4) is 0 Å². The van der Waals surface area contributed by atoms with Crippen LogP contribution in [-0.2, 0) is 0 Å². The zero-order chi connectivity index (χ0) is 10.1. The number of carbonyl (C=O) groups is 1. The molecular weight excluding hydrogens is 162 g/mol. The predicted molar refractivity (Wildman–Crippen MR) is 56.1 cm³/mol. The maximum atomic E-state index is 10.8. The average Bonchev–Trinajstić information content (AvgIpc) is 2.03. The van der Waals surface area contributed by atoms with E-state index < -0.39 is 0 Å². The predicted octanol–water partition coefficient (Wildman–Crippen LogP) is 2.00. The zero-order valence-corrected chi connectivity index (χ0v) is 8.66. The van der Waals surface area contributed by atoms with Gasteiger partial charge in [-0.15, -0.1) is 0 Å². The first-order valence-corrected chi connectivity index (χ1v) is 4.33. The van der Waals surface area contributed by atoms with Crippen LogP contribution in [0.15, 0.2) is 18.2 Å². The number of hydrogen-bond acceptors (Lipinski definition) is 1. The highest BCUT2D eigenvalue weighted by atomic mass is 16.1. The normalized spacial score (nSPS) is 11.4. The lowest BCUT2D eigenvalue weighted by Crippen LogP contribution is -2.35. The zero-order valence-electron chi connectivity index (χ0n) is 8.66. The molecule has 0 atom stereocenters. The summed E-state index contributed by atoms with van der Waals surface area (Å²) in [4.78, 5) is 10.8. The van der Waals surface area contributed by atoms with Crippen LogP contribution in [0, 0.1) is 6.92 Å². The SMILES string of the molecule is Cc1ccc(C=O)c([N+](C)(C)C)c1. The summed E-state index contributed by atoms with van der Waals surface area (Å²) in [7, 11) is 6.17. The Morgan fingerprint density at radius 3 is 2.31 bits per heavy atom. The number of rotatable bonds is 2. The second kappa shape index (κ2) is 3.30. The summed E-state index contributed by atoms with van der Waals surface area (Å²) < 4.78 is 0.676. The Morgan fingerprint density at radius 1 is 1.23 bits per heavy atom. The van der Waals surface area contributed by atoms with Gasteiger partial charge in [0.25, 0.3) is 0 Å². The lowest BCUT2D eigenvalue weighted by Gasteiger charge is -2.25. The minimum atomic E-state index is 0.676. The van der Waals surface area contributed by atoms with E-state index >= 15 is 0 Å². The molecular formula is C11H16NO+. The molecule has 0 saturated carbocycles. The molecule has 1 aromatic carbocycles. The molecule has 70 valence electrons. The number of quaternary nitrogens is 1. The van der Waals surface area contributed by atoms with Crippen molar-refractivity contribution >= 4 is 12.0 Å². The van der Waals surface area contributed by atoms with Crippen LogP contribution in [0.5, 0.6) is 0 Å². The molecule has 1 rings (SSSR count). The molecule has 0 bridgehead atoms. The Bertz CT molecular complexity index is 323.